The molecule has 0 atom stereocenters. The number of rotatable bonds is 2. The lowest BCUT2D eigenvalue weighted by atomic mass is 10.1. The van der Waals surface area contributed by atoms with Crippen LogP contribution < -0.4 is 4.90 Å². The monoisotopic (exact) mass is 277 g/mol. The van der Waals surface area contributed by atoms with Gasteiger partial charge in [0, 0.05) is 23.7 Å². The first-order valence-corrected chi connectivity index (χ1v) is 8.37. The molecule has 0 spiro atoms. The largest absolute Gasteiger partial charge is 0.356 e. The maximum atomic E-state index is 4.56. The Labute approximate surface area is 115 Å². The van der Waals surface area contributed by atoms with Crippen molar-refractivity contribution in [2.24, 2.45) is 0 Å². The first kappa shape index (κ1) is 11.1. The van der Waals surface area contributed by atoms with Crippen LogP contribution in [0, 0.1) is 0 Å². The summed E-state index contributed by atoms with van der Waals surface area (Å²) in [4.78, 5) is 14.1. The lowest BCUT2D eigenvalue weighted by molar-refractivity contribution is 0.893. The molecule has 4 rings (SSSR count). The van der Waals surface area contributed by atoms with Crippen LogP contribution in [0.4, 0.5) is 5.82 Å². The highest BCUT2D eigenvalue weighted by atomic mass is 32.2. The molecule has 1 saturated carbocycles. The highest BCUT2D eigenvalue weighted by Crippen LogP contribution is 2.41. The third-order valence-electron chi connectivity index (χ3n) is 3.81. The van der Waals surface area contributed by atoms with E-state index in [-0.39, 0.29) is 0 Å². The van der Waals surface area contributed by atoms with Gasteiger partial charge in [0.05, 0.1) is 5.39 Å². The van der Waals surface area contributed by atoms with E-state index in [1.54, 1.807) is 6.33 Å². The summed E-state index contributed by atoms with van der Waals surface area (Å²) in [5.74, 6) is 3.55. The van der Waals surface area contributed by atoms with Gasteiger partial charge in [-0.15, -0.1) is 11.3 Å². The Balaban J connectivity index is 1.93. The van der Waals surface area contributed by atoms with Crippen LogP contribution in [0.15, 0.2) is 6.33 Å². The second-order valence-corrected chi connectivity index (χ2v) is 7.21. The maximum absolute atomic E-state index is 4.56. The Bertz CT molecular complexity index is 604. The van der Waals surface area contributed by atoms with Crippen LogP contribution in [0.5, 0.6) is 0 Å². The number of thioether (sulfide) groups is 1. The summed E-state index contributed by atoms with van der Waals surface area (Å²) in [6, 6.07) is 0.705. The second-order valence-electron chi connectivity index (χ2n) is 5.03. The van der Waals surface area contributed by atoms with Crippen LogP contribution in [-0.4, -0.2) is 28.8 Å². The molecule has 0 saturated heterocycles. The van der Waals surface area contributed by atoms with Gasteiger partial charge in [-0.3, -0.25) is 0 Å². The maximum Gasteiger partial charge on any atom is 0.141 e. The highest BCUT2D eigenvalue weighted by Gasteiger charge is 2.30. The minimum absolute atomic E-state index is 0.705. The van der Waals surface area contributed by atoms with Gasteiger partial charge in [-0.05, 0) is 30.6 Å². The zero-order valence-electron chi connectivity index (χ0n) is 10.3. The molecule has 1 fully saturated rings. The van der Waals surface area contributed by atoms with E-state index in [0.29, 0.717) is 6.04 Å². The Kier molecular flexibility index (Phi) is 2.52. The normalized spacial score (nSPS) is 18.9. The summed E-state index contributed by atoms with van der Waals surface area (Å²) in [5.41, 5.74) is 1.52. The standard InChI is InChI=1S/C13H15N3S2/c1-16(8-2-3-8)12-11-9-4-5-17-6-10(9)18-13(11)15-7-14-12/h7-8H,2-6H2,1H3. The van der Waals surface area contributed by atoms with E-state index in [9.17, 15) is 0 Å². The molecule has 2 aromatic heterocycles. The molecule has 0 radical (unpaired) electrons. The molecule has 3 nitrogen and oxygen atoms in total. The molecule has 0 aromatic carbocycles. The van der Waals surface area contributed by atoms with Crippen molar-refractivity contribution < 1.29 is 0 Å². The molecule has 18 heavy (non-hydrogen) atoms. The van der Waals surface area contributed by atoms with E-state index in [1.165, 1.54) is 45.7 Å². The van der Waals surface area contributed by atoms with E-state index in [2.05, 4.69) is 21.9 Å². The number of aryl methyl sites for hydroxylation is 1. The summed E-state index contributed by atoms with van der Waals surface area (Å²) >= 11 is 3.90. The van der Waals surface area contributed by atoms with Crippen molar-refractivity contribution in [1.82, 2.24) is 9.97 Å². The van der Waals surface area contributed by atoms with E-state index in [4.69, 9.17) is 0 Å². The Morgan fingerprint density at radius 2 is 2.22 bits per heavy atom. The minimum atomic E-state index is 0.705. The van der Waals surface area contributed by atoms with E-state index >= 15 is 0 Å². The zero-order valence-corrected chi connectivity index (χ0v) is 12.0. The molecule has 5 heteroatoms. The number of nitrogens with zero attached hydrogens (tertiary/aromatic N) is 3. The minimum Gasteiger partial charge on any atom is -0.356 e. The van der Waals surface area contributed by atoms with Crippen LogP contribution in [0.3, 0.4) is 0 Å². The molecule has 94 valence electrons. The molecule has 0 N–H and O–H groups in total. The summed E-state index contributed by atoms with van der Waals surface area (Å²) in [6.07, 6.45) is 5.53. The lowest BCUT2D eigenvalue weighted by Crippen LogP contribution is -2.21. The molecular formula is C13H15N3S2. The number of anilines is 1. The first-order chi connectivity index (χ1) is 8.84. The van der Waals surface area contributed by atoms with Gasteiger partial charge in [0.2, 0.25) is 0 Å². The average molecular weight is 277 g/mol. The number of thiophene rings is 1. The van der Waals surface area contributed by atoms with Crippen molar-refractivity contribution in [3.63, 3.8) is 0 Å². The van der Waals surface area contributed by atoms with Gasteiger partial charge in [-0.25, -0.2) is 9.97 Å². The van der Waals surface area contributed by atoms with Gasteiger partial charge >= 0.3 is 0 Å². The fourth-order valence-corrected chi connectivity index (χ4v) is 4.96. The van der Waals surface area contributed by atoms with Crippen LogP contribution in [0.2, 0.25) is 0 Å². The van der Waals surface area contributed by atoms with Gasteiger partial charge in [-0.2, -0.15) is 11.8 Å². The molecule has 1 aliphatic heterocycles. The van der Waals surface area contributed by atoms with Crippen molar-refractivity contribution in [2.75, 3.05) is 17.7 Å². The van der Waals surface area contributed by atoms with Gasteiger partial charge in [0.15, 0.2) is 0 Å². The molecule has 2 aliphatic rings. The second kappa shape index (κ2) is 4.10. The molecular weight excluding hydrogens is 262 g/mol. The number of hydrogen-bond acceptors (Lipinski definition) is 5. The van der Waals surface area contributed by atoms with Crippen molar-refractivity contribution in [3.8, 4) is 0 Å². The fraction of sp³-hybridized carbons (Fsp3) is 0.538. The topological polar surface area (TPSA) is 29.0 Å². The quantitative estimate of drug-likeness (QED) is 0.843. The van der Waals surface area contributed by atoms with Crippen LogP contribution >= 0.6 is 23.1 Å². The third kappa shape index (κ3) is 1.64. The van der Waals surface area contributed by atoms with Crippen LogP contribution in [0.25, 0.3) is 10.2 Å². The first-order valence-electron chi connectivity index (χ1n) is 6.40. The zero-order chi connectivity index (χ0) is 12.1. The average Bonchev–Trinajstić information content (AvgIpc) is 3.18. The predicted octanol–water partition coefficient (Wildman–Crippen LogP) is 3.08. The Hall–Kier alpha value is -0.810. The fourth-order valence-electron chi connectivity index (χ4n) is 2.64. The third-order valence-corrected chi connectivity index (χ3v) is 6.12. The molecule has 0 amide bonds. The summed E-state index contributed by atoms with van der Waals surface area (Å²) < 4.78 is 0. The number of fused-ring (bicyclic) bond motifs is 3. The molecule has 2 aromatic rings. The van der Waals surface area contributed by atoms with Crippen LogP contribution in [-0.2, 0) is 12.2 Å². The molecule has 1 aliphatic carbocycles. The van der Waals surface area contributed by atoms with Gasteiger partial charge in [0.25, 0.3) is 0 Å². The summed E-state index contributed by atoms with van der Waals surface area (Å²) in [6.45, 7) is 0. The lowest BCUT2D eigenvalue weighted by Gasteiger charge is -2.19. The smallest absolute Gasteiger partial charge is 0.141 e. The Morgan fingerprint density at radius 1 is 1.33 bits per heavy atom. The van der Waals surface area contributed by atoms with Crippen LogP contribution in [0.1, 0.15) is 23.3 Å². The highest BCUT2D eigenvalue weighted by molar-refractivity contribution is 7.98. The van der Waals surface area contributed by atoms with Gasteiger partial charge in [-0.1, -0.05) is 0 Å². The van der Waals surface area contributed by atoms with Crippen molar-refractivity contribution in [1.29, 1.82) is 0 Å². The summed E-state index contributed by atoms with van der Waals surface area (Å²) in [5, 5.41) is 1.34. The SMILES string of the molecule is CN(c1ncnc2sc3c(c12)CCSC3)C1CC1. The number of hydrogen-bond donors (Lipinski definition) is 0. The van der Waals surface area contributed by atoms with E-state index in [1.807, 2.05) is 23.1 Å². The van der Waals surface area contributed by atoms with Crippen molar-refractivity contribution in [2.45, 2.75) is 31.1 Å². The molecule has 3 heterocycles. The van der Waals surface area contributed by atoms with Crippen molar-refractivity contribution >= 4 is 39.1 Å². The number of aromatic nitrogens is 2. The predicted molar refractivity (Wildman–Crippen MR) is 78.7 cm³/mol. The van der Waals surface area contributed by atoms with Crippen molar-refractivity contribution in [3.05, 3.63) is 16.8 Å². The Morgan fingerprint density at radius 3 is 3.06 bits per heavy atom. The van der Waals surface area contributed by atoms with Gasteiger partial charge in [0.1, 0.15) is 17.0 Å². The van der Waals surface area contributed by atoms with E-state index in [0.717, 1.165) is 11.6 Å². The molecule has 0 unspecified atom stereocenters. The summed E-state index contributed by atoms with van der Waals surface area (Å²) in [7, 11) is 2.18. The van der Waals surface area contributed by atoms with Gasteiger partial charge < -0.3 is 4.90 Å². The molecule has 0 bridgehead atoms. The van der Waals surface area contributed by atoms with E-state index < -0.39 is 0 Å².